The number of hydrogen-bond acceptors (Lipinski definition) is 7. The van der Waals surface area contributed by atoms with Crippen molar-refractivity contribution in [2.75, 3.05) is 13.1 Å². The minimum absolute atomic E-state index is 0.0351. The SMILES string of the molecule is Cc1nc(-c2cncnc2[C@H]2CCN(C(=O)CC3(O)CCCCC3)C2)no1. The van der Waals surface area contributed by atoms with Crippen LogP contribution in [0, 0.1) is 6.92 Å². The van der Waals surface area contributed by atoms with Crippen LogP contribution in [0.15, 0.2) is 17.0 Å². The van der Waals surface area contributed by atoms with Crippen LogP contribution < -0.4 is 0 Å². The van der Waals surface area contributed by atoms with Crippen LogP contribution in [-0.4, -0.2) is 54.7 Å². The predicted octanol–water partition coefficient (Wildman–Crippen LogP) is 2.24. The van der Waals surface area contributed by atoms with Crippen LogP contribution in [0.1, 0.15) is 62.4 Å². The lowest BCUT2D eigenvalue weighted by Crippen LogP contribution is -2.39. The average molecular weight is 371 g/mol. The molecule has 1 N–H and O–H groups in total. The molecule has 0 unspecified atom stereocenters. The Labute approximate surface area is 158 Å². The van der Waals surface area contributed by atoms with Crippen molar-refractivity contribution in [2.45, 2.75) is 63.4 Å². The number of nitrogens with zero attached hydrogens (tertiary/aromatic N) is 5. The Hall–Kier alpha value is -2.35. The fraction of sp³-hybridized carbons (Fsp3) is 0.632. The van der Waals surface area contributed by atoms with Gasteiger partial charge in [0.15, 0.2) is 0 Å². The predicted molar refractivity (Wildman–Crippen MR) is 96.7 cm³/mol. The highest BCUT2D eigenvalue weighted by molar-refractivity contribution is 5.77. The Morgan fingerprint density at radius 1 is 1.37 bits per heavy atom. The van der Waals surface area contributed by atoms with Crippen molar-refractivity contribution in [1.82, 2.24) is 25.0 Å². The van der Waals surface area contributed by atoms with Gasteiger partial charge in [0.2, 0.25) is 17.6 Å². The van der Waals surface area contributed by atoms with E-state index in [-0.39, 0.29) is 18.2 Å². The molecule has 1 amide bonds. The maximum absolute atomic E-state index is 12.7. The summed E-state index contributed by atoms with van der Waals surface area (Å²) in [5, 5.41) is 14.7. The first-order valence-corrected chi connectivity index (χ1v) is 9.65. The molecule has 1 aliphatic heterocycles. The van der Waals surface area contributed by atoms with E-state index in [4.69, 9.17) is 4.52 Å². The quantitative estimate of drug-likeness (QED) is 0.878. The summed E-state index contributed by atoms with van der Waals surface area (Å²) in [6.07, 6.45) is 8.86. The van der Waals surface area contributed by atoms with Gasteiger partial charge in [-0.3, -0.25) is 4.79 Å². The van der Waals surface area contributed by atoms with Gasteiger partial charge >= 0.3 is 0 Å². The van der Waals surface area contributed by atoms with E-state index in [1.54, 1.807) is 13.1 Å². The standard InChI is InChI=1S/C19H25N5O3/c1-13-22-18(23-27-13)15-10-20-12-21-17(15)14-5-8-24(11-14)16(25)9-19(26)6-3-2-4-7-19/h10,12,14,26H,2-9,11H2,1H3/t14-/m0/s1. The van der Waals surface area contributed by atoms with Crippen molar-refractivity contribution in [3.05, 3.63) is 24.1 Å². The lowest BCUT2D eigenvalue weighted by atomic mass is 9.82. The number of aliphatic hydroxyl groups is 1. The molecule has 1 saturated carbocycles. The van der Waals surface area contributed by atoms with E-state index in [9.17, 15) is 9.90 Å². The number of aryl methyl sites for hydroxylation is 1. The van der Waals surface area contributed by atoms with Crippen molar-refractivity contribution < 1.29 is 14.4 Å². The molecule has 1 saturated heterocycles. The summed E-state index contributed by atoms with van der Waals surface area (Å²) in [7, 11) is 0. The lowest BCUT2D eigenvalue weighted by Gasteiger charge is -2.32. The maximum Gasteiger partial charge on any atom is 0.225 e. The highest BCUT2D eigenvalue weighted by Gasteiger charge is 2.36. The van der Waals surface area contributed by atoms with Crippen LogP contribution in [-0.2, 0) is 4.79 Å². The Bertz CT molecular complexity index is 815. The molecule has 2 aromatic rings. The summed E-state index contributed by atoms with van der Waals surface area (Å²) >= 11 is 0. The summed E-state index contributed by atoms with van der Waals surface area (Å²) in [6.45, 7) is 3.01. The molecule has 8 nitrogen and oxygen atoms in total. The van der Waals surface area contributed by atoms with E-state index in [2.05, 4.69) is 20.1 Å². The van der Waals surface area contributed by atoms with Gasteiger partial charge < -0.3 is 14.5 Å². The second-order valence-electron chi connectivity index (χ2n) is 7.75. The molecule has 144 valence electrons. The van der Waals surface area contributed by atoms with Gasteiger partial charge in [-0.05, 0) is 19.3 Å². The van der Waals surface area contributed by atoms with Crippen molar-refractivity contribution >= 4 is 5.91 Å². The number of hydrogen-bond donors (Lipinski definition) is 1. The molecule has 0 radical (unpaired) electrons. The first kappa shape index (κ1) is 18.0. The number of carbonyl (C=O) groups is 1. The summed E-state index contributed by atoms with van der Waals surface area (Å²) in [5.74, 6) is 1.10. The number of rotatable bonds is 4. The molecule has 4 rings (SSSR count). The second-order valence-corrected chi connectivity index (χ2v) is 7.75. The van der Waals surface area contributed by atoms with Crippen molar-refractivity contribution in [3.63, 3.8) is 0 Å². The first-order valence-electron chi connectivity index (χ1n) is 9.65. The maximum atomic E-state index is 12.7. The molecule has 8 heteroatoms. The van der Waals surface area contributed by atoms with Crippen LogP contribution in [0.2, 0.25) is 0 Å². The molecule has 2 aliphatic rings. The van der Waals surface area contributed by atoms with Crippen molar-refractivity contribution in [1.29, 1.82) is 0 Å². The molecule has 3 heterocycles. The molecule has 2 aromatic heterocycles. The van der Waals surface area contributed by atoms with Crippen LogP contribution in [0.4, 0.5) is 0 Å². The summed E-state index contributed by atoms with van der Waals surface area (Å²) in [4.78, 5) is 27.4. The molecule has 1 atom stereocenters. The van der Waals surface area contributed by atoms with Gasteiger partial charge in [-0.1, -0.05) is 24.4 Å². The average Bonchev–Trinajstić information content (AvgIpc) is 3.31. The van der Waals surface area contributed by atoms with Gasteiger partial charge in [0, 0.05) is 32.1 Å². The fourth-order valence-electron chi connectivity index (χ4n) is 4.24. The van der Waals surface area contributed by atoms with E-state index in [0.29, 0.717) is 24.8 Å². The molecule has 0 spiro atoms. The third kappa shape index (κ3) is 3.85. The van der Waals surface area contributed by atoms with Crippen LogP contribution >= 0.6 is 0 Å². The van der Waals surface area contributed by atoms with E-state index in [0.717, 1.165) is 49.8 Å². The molecular weight excluding hydrogens is 346 g/mol. The van der Waals surface area contributed by atoms with Gasteiger partial charge in [0.05, 0.1) is 23.3 Å². The second kappa shape index (κ2) is 7.34. The Morgan fingerprint density at radius 2 is 2.19 bits per heavy atom. The van der Waals surface area contributed by atoms with Crippen LogP contribution in [0.5, 0.6) is 0 Å². The van der Waals surface area contributed by atoms with E-state index in [1.165, 1.54) is 6.33 Å². The molecule has 0 aromatic carbocycles. The van der Waals surface area contributed by atoms with Crippen molar-refractivity contribution in [2.24, 2.45) is 0 Å². The third-order valence-corrected chi connectivity index (χ3v) is 5.70. The minimum atomic E-state index is -0.824. The summed E-state index contributed by atoms with van der Waals surface area (Å²) in [6, 6.07) is 0. The Kier molecular flexibility index (Phi) is 4.90. The number of amides is 1. The molecule has 1 aliphatic carbocycles. The molecule has 27 heavy (non-hydrogen) atoms. The monoisotopic (exact) mass is 371 g/mol. The Morgan fingerprint density at radius 3 is 2.93 bits per heavy atom. The number of aromatic nitrogens is 4. The van der Waals surface area contributed by atoms with E-state index in [1.807, 2.05) is 4.90 Å². The van der Waals surface area contributed by atoms with Gasteiger partial charge in [0.1, 0.15) is 6.33 Å². The van der Waals surface area contributed by atoms with E-state index >= 15 is 0 Å². The minimum Gasteiger partial charge on any atom is -0.389 e. The third-order valence-electron chi connectivity index (χ3n) is 5.70. The highest BCUT2D eigenvalue weighted by atomic mass is 16.5. The van der Waals surface area contributed by atoms with Gasteiger partial charge in [-0.25, -0.2) is 9.97 Å². The van der Waals surface area contributed by atoms with Gasteiger partial charge in [-0.2, -0.15) is 4.98 Å². The van der Waals surface area contributed by atoms with Crippen LogP contribution in [0.3, 0.4) is 0 Å². The van der Waals surface area contributed by atoms with Gasteiger partial charge in [0.25, 0.3) is 0 Å². The molecular formula is C19H25N5O3. The zero-order valence-electron chi connectivity index (χ0n) is 15.6. The molecule has 2 fully saturated rings. The number of carbonyl (C=O) groups excluding carboxylic acids is 1. The topological polar surface area (TPSA) is 105 Å². The smallest absolute Gasteiger partial charge is 0.225 e. The van der Waals surface area contributed by atoms with E-state index < -0.39 is 5.60 Å². The lowest BCUT2D eigenvalue weighted by molar-refractivity contribution is -0.136. The zero-order chi connectivity index (χ0) is 18.9. The summed E-state index contributed by atoms with van der Waals surface area (Å²) in [5.41, 5.74) is 0.771. The normalized spacial score (nSPS) is 22.1. The fourth-order valence-corrected chi connectivity index (χ4v) is 4.24. The zero-order valence-corrected chi connectivity index (χ0v) is 15.6. The van der Waals surface area contributed by atoms with Crippen LogP contribution in [0.25, 0.3) is 11.4 Å². The summed E-state index contributed by atoms with van der Waals surface area (Å²) < 4.78 is 5.08. The number of likely N-dealkylation sites (tertiary alicyclic amines) is 1. The first-order chi connectivity index (χ1) is 13.0. The Balaban J connectivity index is 1.46. The van der Waals surface area contributed by atoms with Gasteiger partial charge in [-0.15, -0.1) is 0 Å². The van der Waals surface area contributed by atoms with Crippen molar-refractivity contribution in [3.8, 4) is 11.4 Å². The molecule has 0 bridgehead atoms. The largest absolute Gasteiger partial charge is 0.389 e. The highest BCUT2D eigenvalue weighted by Crippen LogP contribution is 2.35.